The second-order valence-electron chi connectivity index (χ2n) is 10.3. The van der Waals surface area contributed by atoms with Crippen molar-refractivity contribution in [2.75, 3.05) is 0 Å². The highest BCUT2D eigenvalue weighted by atomic mass is 15.3. The molecule has 0 aliphatic heterocycles. The highest BCUT2D eigenvalue weighted by Gasteiger charge is 2.18. The van der Waals surface area contributed by atoms with Gasteiger partial charge >= 0.3 is 0 Å². The van der Waals surface area contributed by atoms with E-state index in [0.717, 1.165) is 47.3 Å². The van der Waals surface area contributed by atoms with Gasteiger partial charge in [-0.25, -0.2) is 19.3 Å². The van der Waals surface area contributed by atoms with Crippen LogP contribution in [-0.2, 0) is 23.7 Å². The molecule has 6 nitrogen and oxygen atoms in total. The second kappa shape index (κ2) is 8.34. The maximum Gasteiger partial charge on any atom is 0.153 e. The average molecular weight is 429 g/mol. The fourth-order valence-electron chi connectivity index (χ4n) is 3.43. The Morgan fingerprint density at radius 1 is 0.594 bits per heavy atom. The van der Waals surface area contributed by atoms with Crippen molar-refractivity contribution >= 4 is 0 Å². The second-order valence-corrected chi connectivity index (χ2v) is 10.3. The summed E-state index contributed by atoms with van der Waals surface area (Å²) in [5.41, 5.74) is 4.19. The van der Waals surface area contributed by atoms with Gasteiger partial charge in [-0.05, 0) is 49.2 Å². The van der Waals surface area contributed by atoms with E-state index in [-0.39, 0.29) is 10.8 Å². The summed E-state index contributed by atoms with van der Waals surface area (Å²) >= 11 is 0. The number of rotatable bonds is 5. The molecule has 0 fully saturated rings. The van der Waals surface area contributed by atoms with Crippen LogP contribution in [0.1, 0.15) is 64.3 Å². The Labute approximate surface area is 190 Å². The molecule has 166 valence electrons. The van der Waals surface area contributed by atoms with Gasteiger partial charge in [-0.3, -0.25) is 0 Å². The van der Waals surface area contributed by atoms with Gasteiger partial charge < -0.3 is 0 Å². The fraction of sp³-hybridized carbons (Fsp3) is 0.385. The zero-order valence-corrected chi connectivity index (χ0v) is 19.9. The molecule has 4 aromatic heterocycles. The molecular weight excluding hydrogens is 396 g/mol. The standard InChI is InChI=1S/C26H32N6/c1-25(2,3)21-15-17-31(29-21)23-11-7-9-19(27-23)13-14-20-10-8-12-24(28-20)32-18-16-22(30-32)26(4,5)6/h7-12,15-18H,13-14H2,1-6H3. The van der Waals surface area contributed by atoms with E-state index < -0.39 is 0 Å². The van der Waals surface area contributed by atoms with Gasteiger partial charge in [0.05, 0.1) is 11.4 Å². The number of aryl methyl sites for hydroxylation is 2. The first-order valence-corrected chi connectivity index (χ1v) is 11.1. The Bertz CT molecular complexity index is 1110. The van der Waals surface area contributed by atoms with Crippen molar-refractivity contribution < 1.29 is 0 Å². The molecule has 0 unspecified atom stereocenters. The number of hydrogen-bond acceptors (Lipinski definition) is 4. The van der Waals surface area contributed by atoms with E-state index in [1.165, 1.54) is 0 Å². The van der Waals surface area contributed by atoms with Crippen LogP contribution in [0.3, 0.4) is 0 Å². The molecule has 0 radical (unpaired) electrons. The first-order chi connectivity index (χ1) is 15.1. The van der Waals surface area contributed by atoms with E-state index in [1.54, 1.807) is 0 Å². The van der Waals surface area contributed by atoms with Crippen LogP contribution in [0.2, 0.25) is 0 Å². The SMILES string of the molecule is CC(C)(C)c1ccn(-c2cccc(CCc3cccc(-n4ccc(C(C)(C)C)n4)n3)n2)n1. The van der Waals surface area contributed by atoms with Gasteiger partial charge in [0.1, 0.15) is 0 Å². The first-order valence-electron chi connectivity index (χ1n) is 11.1. The lowest BCUT2D eigenvalue weighted by atomic mass is 9.93. The van der Waals surface area contributed by atoms with Gasteiger partial charge in [-0.1, -0.05) is 53.7 Å². The monoisotopic (exact) mass is 428 g/mol. The van der Waals surface area contributed by atoms with Gasteiger partial charge in [0.2, 0.25) is 0 Å². The van der Waals surface area contributed by atoms with Gasteiger partial charge in [0.15, 0.2) is 11.6 Å². The molecule has 4 aromatic rings. The molecule has 0 saturated heterocycles. The van der Waals surface area contributed by atoms with E-state index in [9.17, 15) is 0 Å². The first kappa shape index (κ1) is 21.9. The Morgan fingerprint density at radius 3 is 1.34 bits per heavy atom. The number of aromatic nitrogens is 6. The molecule has 0 aliphatic carbocycles. The molecule has 4 heterocycles. The molecule has 0 saturated carbocycles. The fourth-order valence-corrected chi connectivity index (χ4v) is 3.43. The average Bonchev–Trinajstić information content (AvgIpc) is 3.42. The van der Waals surface area contributed by atoms with Crippen molar-refractivity contribution in [3.8, 4) is 11.6 Å². The minimum absolute atomic E-state index is 0.0156. The summed E-state index contributed by atoms with van der Waals surface area (Å²) in [7, 11) is 0. The van der Waals surface area contributed by atoms with Gasteiger partial charge in [-0.2, -0.15) is 10.2 Å². The quantitative estimate of drug-likeness (QED) is 0.437. The van der Waals surface area contributed by atoms with Crippen LogP contribution in [0.25, 0.3) is 11.6 Å². The summed E-state index contributed by atoms with van der Waals surface area (Å²) in [5, 5.41) is 9.42. The Hall–Kier alpha value is -3.28. The van der Waals surface area contributed by atoms with Crippen molar-refractivity contribution in [2.45, 2.75) is 65.2 Å². The van der Waals surface area contributed by atoms with Crippen LogP contribution in [0.15, 0.2) is 60.9 Å². The molecule has 0 N–H and O–H groups in total. The Balaban J connectivity index is 1.48. The maximum atomic E-state index is 4.82. The number of nitrogens with zero attached hydrogens (tertiary/aromatic N) is 6. The van der Waals surface area contributed by atoms with E-state index in [4.69, 9.17) is 20.2 Å². The summed E-state index contributed by atoms with van der Waals surface area (Å²) in [5.74, 6) is 1.68. The van der Waals surface area contributed by atoms with E-state index in [0.29, 0.717) is 0 Å². The zero-order valence-electron chi connectivity index (χ0n) is 19.9. The van der Waals surface area contributed by atoms with Crippen LogP contribution in [0, 0.1) is 0 Å². The summed E-state index contributed by atoms with van der Waals surface area (Å²) in [6.07, 6.45) is 5.58. The van der Waals surface area contributed by atoms with Crippen LogP contribution in [-0.4, -0.2) is 29.5 Å². The summed E-state index contributed by atoms with van der Waals surface area (Å²) in [6.45, 7) is 13.0. The van der Waals surface area contributed by atoms with Crippen molar-refractivity contribution in [3.63, 3.8) is 0 Å². The number of pyridine rings is 2. The molecule has 0 spiro atoms. The molecule has 4 rings (SSSR count). The number of hydrogen-bond donors (Lipinski definition) is 0. The molecule has 32 heavy (non-hydrogen) atoms. The highest BCUT2D eigenvalue weighted by Crippen LogP contribution is 2.22. The van der Waals surface area contributed by atoms with Crippen LogP contribution < -0.4 is 0 Å². The van der Waals surface area contributed by atoms with Crippen molar-refractivity contribution in [1.82, 2.24) is 29.5 Å². The molecule has 6 heteroatoms. The molecular formula is C26H32N6. The maximum absolute atomic E-state index is 4.82. The minimum atomic E-state index is 0.0156. The third-order valence-electron chi connectivity index (χ3n) is 5.41. The predicted molar refractivity (Wildman–Crippen MR) is 128 cm³/mol. The van der Waals surface area contributed by atoms with Crippen molar-refractivity contribution in [1.29, 1.82) is 0 Å². The zero-order chi connectivity index (χ0) is 22.9. The Morgan fingerprint density at radius 2 is 1.00 bits per heavy atom. The lowest BCUT2D eigenvalue weighted by molar-refractivity contribution is 0.559. The molecule has 0 atom stereocenters. The Kier molecular flexibility index (Phi) is 5.71. The van der Waals surface area contributed by atoms with Gasteiger partial charge in [0.25, 0.3) is 0 Å². The summed E-state index contributed by atoms with van der Waals surface area (Å²) in [6, 6.07) is 16.3. The predicted octanol–water partition coefficient (Wildman–Crippen LogP) is 5.23. The van der Waals surface area contributed by atoms with Crippen LogP contribution in [0.5, 0.6) is 0 Å². The lowest BCUT2D eigenvalue weighted by Gasteiger charge is -2.14. The topological polar surface area (TPSA) is 61.4 Å². The largest absolute Gasteiger partial charge is 0.234 e. The third kappa shape index (κ3) is 4.96. The van der Waals surface area contributed by atoms with Crippen LogP contribution >= 0.6 is 0 Å². The van der Waals surface area contributed by atoms with Crippen LogP contribution in [0.4, 0.5) is 0 Å². The minimum Gasteiger partial charge on any atom is -0.234 e. The summed E-state index contributed by atoms with van der Waals surface area (Å²) in [4.78, 5) is 9.64. The van der Waals surface area contributed by atoms with Gasteiger partial charge in [-0.15, -0.1) is 0 Å². The van der Waals surface area contributed by atoms with E-state index in [1.807, 2.05) is 46.0 Å². The summed E-state index contributed by atoms with van der Waals surface area (Å²) < 4.78 is 3.71. The smallest absolute Gasteiger partial charge is 0.153 e. The van der Waals surface area contributed by atoms with Crippen molar-refractivity contribution in [3.05, 3.63) is 83.7 Å². The molecule has 0 bridgehead atoms. The highest BCUT2D eigenvalue weighted by molar-refractivity contribution is 5.28. The normalized spacial score (nSPS) is 12.3. The van der Waals surface area contributed by atoms with E-state index in [2.05, 4.69) is 65.8 Å². The lowest BCUT2D eigenvalue weighted by Crippen LogP contribution is -2.13. The molecule has 0 aromatic carbocycles. The molecule has 0 amide bonds. The van der Waals surface area contributed by atoms with Crippen molar-refractivity contribution in [2.24, 2.45) is 0 Å². The van der Waals surface area contributed by atoms with E-state index >= 15 is 0 Å². The van der Waals surface area contributed by atoms with Gasteiger partial charge in [0, 0.05) is 34.6 Å². The third-order valence-corrected chi connectivity index (χ3v) is 5.41. The molecule has 0 aliphatic rings.